The first kappa shape index (κ1) is 29.3. The normalized spacial score (nSPS) is 11.5. The monoisotopic (exact) mass is 575 g/mol. The molecule has 1 N–H and O–H groups in total. The van der Waals surface area contributed by atoms with Gasteiger partial charge in [-0.2, -0.15) is 5.10 Å². The van der Waals surface area contributed by atoms with Crippen molar-refractivity contribution >= 4 is 27.8 Å². The fourth-order valence-electron chi connectivity index (χ4n) is 4.17. The molecule has 1 aromatic heterocycles. The molecule has 0 bridgehead atoms. The Labute approximate surface area is 239 Å². The number of unbranched alkanes of at least 4 members (excludes halogenated alkanes) is 1. The van der Waals surface area contributed by atoms with Crippen molar-refractivity contribution in [2.24, 2.45) is 12.1 Å². The van der Waals surface area contributed by atoms with E-state index in [1.807, 2.05) is 18.2 Å². The van der Waals surface area contributed by atoms with Gasteiger partial charge in [-0.05, 0) is 67.4 Å². The number of hydrogen-bond acceptors (Lipinski definition) is 6. The molecule has 0 fully saturated rings. The molecule has 214 valence electrons. The molecule has 4 aromatic rings. The van der Waals surface area contributed by atoms with Crippen LogP contribution in [0.15, 0.2) is 99.7 Å². The van der Waals surface area contributed by atoms with Crippen LogP contribution in [-0.2, 0) is 21.9 Å². The highest BCUT2D eigenvalue weighted by Gasteiger charge is 2.33. The van der Waals surface area contributed by atoms with Gasteiger partial charge in [0.15, 0.2) is 0 Å². The molecular weight excluding hydrogens is 542 g/mol. The molecule has 0 radical (unpaired) electrons. The van der Waals surface area contributed by atoms with E-state index in [1.54, 1.807) is 73.3 Å². The van der Waals surface area contributed by atoms with Gasteiger partial charge in [-0.1, -0.05) is 49.7 Å². The van der Waals surface area contributed by atoms with Gasteiger partial charge < -0.3 is 4.74 Å². The predicted octanol–water partition coefficient (Wildman–Crippen LogP) is 4.01. The summed E-state index contributed by atoms with van der Waals surface area (Å²) in [7, 11) is -2.63. The first-order valence-electron chi connectivity index (χ1n) is 13.2. The molecule has 10 nitrogen and oxygen atoms in total. The van der Waals surface area contributed by atoms with Gasteiger partial charge in [0.05, 0.1) is 29.1 Å². The summed E-state index contributed by atoms with van der Waals surface area (Å²) in [6.07, 6.45) is 3.45. The Bertz CT molecular complexity index is 1660. The van der Waals surface area contributed by atoms with E-state index in [0.29, 0.717) is 23.6 Å². The molecule has 0 spiro atoms. The van der Waals surface area contributed by atoms with Gasteiger partial charge in [0.1, 0.15) is 18.0 Å². The molecular formula is C30H33N5O5S. The highest BCUT2D eigenvalue weighted by atomic mass is 32.2. The van der Waals surface area contributed by atoms with Crippen molar-refractivity contribution in [3.05, 3.63) is 107 Å². The van der Waals surface area contributed by atoms with Crippen molar-refractivity contribution in [1.82, 2.24) is 14.8 Å². The molecule has 1 heterocycles. The van der Waals surface area contributed by atoms with Crippen molar-refractivity contribution in [2.75, 3.05) is 17.5 Å². The average Bonchev–Trinajstić information content (AvgIpc) is 3.20. The largest absolute Gasteiger partial charge is 0.494 e. The van der Waals surface area contributed by atoms with Crippen molar-refractivity contribution in [3.63, 3.8) is 0 Å². The number of ether oxygens (including phenoxy) is 1. The number of benzene rings is 3. The second kappa shape index (κ2) is 13.1. The van der Waals surface area contributed by atoms with Crippen LogP contribution in [-0.4, -0.2) is 43.1 Å². The van der Waals surface area contributed by atoms with E-state index in [4.69, 9.17) is 4.74 Å². The number of amides is 1. The minimum Gasteiger partial charge on any atom is -0.494 e. The second-order valence-corrected chi connectivity index (χ2v) is 11.2. The van der Waals surface area contributed by atoms with Crippen LogP contribution in [0, 0.1) is 6.92 Å². The lowest BCUT2D eigenvalue weighted by Crippen LogP contribution is -2.42. The van der Waals surface area contributed by atoms with Crippen LogP contribution in [0.1, 0.15) is 31.0 Å². The minimum absolute atomic E-state index is 0.0496. The third-order valence-corrected chi connectivity index (χ3v) is 8.20. The Hall–Kier alpha value is -4.64. The van der Waals surface area contributed by atoms with Crippen molar-refractivity contribution in [1.29, 1.82) is 0 Å². The van der Waals surface area contributed by atoms with E-state index < -0.39 is 28.0 Å². The van der Waals surface area contributed by atoms with Crippen LogP contribution < -0.4 is 20.0 Å². The van der Waals surface area contributed by atoms with Crippen LogP contribution in [0.4, 0.5) is 5.69 Å². The summed E-state index contributed by atoms with van der Waals surface area (Å²) < 4.78 is 37.0. The van der Waals surface area contributed by atoms with Gasteiger partial charge in [0.25, 0.3) is 21.5 Å². The Morgan fingerprint density at radius 3 is 2.27 bits per heavy atom. The summed E-state index contributed by atoms with van der Waals surface area (Å²) in [6, 6.07) is 23.7. The van der Waals surface area contributed by atoms with Crippen LogP contribution in [0.5, 0.6) is 5.75 Å². The van der Waals surface area contributed by atoms with E-state index in [1.165, 1.54) is 23.0 Å². The number of carbonyl (C=O) groups excluding carboxylic acids is 1. The third kappa shape index (κ3) is 6.75. The lowest BCUT2D eigenvalue weighted by atomic mass is 10.2. The zero-order chi connectivity index (χ0) is 29.4. The number of hydrogen-bond donors (Lipinski definition) is 1. The van der Waals surface area contributed by atoms with Crippen LogP contribution in [0.25, 0.3) is 5.69 Å². The summed E-state index contributed by atoms with van der Waals surface area (Å²) in [5.74, 6) is 0.0231. The lowest BCUT2D eigenvalue weighted by Gasteiger charge is -2.22. The molecule has 4 rings (SSSR count). The Balaban J connectivity index is 1.61. The highest BCUT2D eigenvalue weighted by molar-refractivity contribution is 7.92. The van der Waals surface area contributed by atoms with Crippen molar-refractivity contribution in [2.45, 2.75) is 31.6 Å². The standard InChI is InChI=1S/C30H33N5O5S/c1-4-5-20-40-26-18-16-24(17-19-26)21-31-32-28(36)22-34(41(38,39)27-14-10-7-11-15-27)29-23(2)33(3)35(30(29)37)25-12-8-6-9-13-25/h6-19,21H,4-5,20,22H2,1-3H3,(H,32,36)/b31-21-. The van der Waals surface area contributed by atoms with Crippen molar-refractivity contribution in [3.8, 4) is 11.4 Å². The van der Waals surface area contributed by atoms with E-state index in [9.17, 15) is 18.0 Å². The van der Waals surface area contributed by atoms with Crippen LogP contribution >= 0.6 is 0 Å². The Morgan fingerprint density at radius 1 is 1.00 bits per heavy atom. The Kier molecular flexibility index (Phi) is 9.41. The SMILES string of the molecule is CCCCOc1ccc(/C=N\NC(=O)CN(c2c(C)n(C)n(-c3ccccc3)c2=O)S(=O)(=O)c2ccccc2)cc1. The summed E-state index contributed by atoms with van der Waals surface area (Å²) in [5, 5.41) is 3.99. The van der Waals surface area contributed by atoms with Gasteiger partial charge in [-0.25, -0.2) is 22.8 Å². The lowest BCUT2D eigenvalue weighted by molar-refractivity contribution is -0.119. The Morgan fingerprint density at radius 2 is 1.63 bits per heavy atom. The first-order valence-corrected chi connectivity index (χ1v) is 14.6. The fourth-order valence-corrected chi connectivity index (χ4v) is 5.67. The molecule has 1 amide bonds. The van der Waals surface area contributed by atoms with Gasteiger partial charge in [-0.3, -0.25) is 14.3 Å². The van der Waals surface area contributed by atoms with Crippen LogP contribution in [0.2, 0.25) is 0 Å². The maximum atomic E-state index is 13.8. The highest BCUT2D eigenvalue weighted by Crippen LogP contribution is 2.25. The number of nitrogens with one attached hydrogen (secondary N) is 1. The number of para-hydroxylation sites is 1. The number of nitrogens with zero attached hydrogens (tertiary/aromatic N) is 4. The third-order valence-electron chi connectivity index (χ3n) is 6.44. The van der Waals surface area contributed by atoms with E-state index in [-0.39, 0.29) is 10.6 Å². The zero-order valence-corrected chi connectivity index (χ0v) is 24.0. The topological polar surface area (TPSA) is 115 Å². The molecule has 3 aromatic carbocycles. The molecule has 0 aliphatic carbocycles. The smallest absolute Gasteiger partial charge is 0.296 e. The fraction of sp³-hybridized carbons (Fsp3) is 0.233. The summed E-state index contributed by atoms with van der Waals surface area (Å²) in [4.78, 5) is 26.6. The molecule has 11 heteroatoms. The first-order chi connectivity index (χ1) is 19.7. The number of anilines is 1. The summed E-state index contributed by atoms with van der Waals surface area (Å²) in [6.45, 7) is 3.71. The maximum Gasteiger partial charge on any atom is 0.296 e. The quantitative estimate of drug-likeness (QED) is 0.156. The summed E-state index contributed by atoms with van der Waals surface area (Å²) in [5.41, 5.74) is 3.32. The molecule has 0 atom stereocenters. The van der Waals surface area contributed by atoms with E-state index in [2.05, 4.69) is 17.5 Å². The average molecular weight is 576 g/mol. The molecule has 0 saturated heterocycles. The number of sulfonamides is 1. The number of hydrazone groups is 1. The summed E-state index contributed by atoms with van der Waals surface area (Å²) >= 11 is 0. The van der Waals surface area contributed by atoms with Gasteiger partial charge in [-0.15, -0.1) is 0 Å². The number of aromatic nitrogens is 2. The molecule has 0 saturated carbocycles. The van der Waals surface area contributed by atoms with Crippen LogP contribution in [0.3, 0.4) is 0 Å². The number of carbonyl (C=O) groups is 1. The molecule has 0 aliphatic heterocycles. The van der Waals surface area contributed by atoms with E-state index in [0.717, 1.165) is 22.9 Å². The van der Waals surface area contributed by atoms with Crippen molar-refractivity contribution < 1.29 is 17.9 Å². The molecule has 41 heavy (non-hydrogen) atoms. The van der Waals surface area contributed by atoms with Gasteiger partial charge in [0.2, 0.25) is 0 Å². The second-order valence-electron chi connectivity index (χ2n) is 9.30. The predicted molar refractivity (Wildman–Crippen MR) is 159 cm³/mol. The van der Waals surface area contributed by atoms with E-state index >= 15 is 0 Å². The zero-order valence-electron chi connectivity index (χ0n) is 23.2. The van der Waals surface area contributed by atoms with Gasteiger partial charge in [0, 0.05) is 7.05 Å². The van der Waals surface area contributed by atoms with Gasteiger partial charge >= 0.3 is 0 Å². The molecule has 0 aliphatic rings. The maximum absolute atomic E-state index is 13.8. The number of rotatable bonds is 12. The minimum atomic E-state index is -4.29. The molecule has 0 unspecified atom stereocenters.